The normalized spacial score (nSPS) is 16.2. The molecule has 1 unspecified atom stereocenters. The molecule has 6 rings (SSSR count). The van der Waals surface area contributed by atoms with Gasteiger partial charge >= 0.3 is 6.09 Å². The third kappa shape index (κ3) is 5.76. The molecule has 1 fully saturated rings. The maximum atomic E-state index is 13.6. The second-order valence-electron chi connectivity index (χ2n) is 9.60. The number of carbonyl (C=O) groups excluding carboxylic acids is 2. The molecule has 0 radical (unpaired) electrons. The van der Waals surface area contributed by atoms with Gasteiger partial charge in [-0.2, -0.15) is 0 Å². The fraction of sp³-hybridized carbons (Fsp3) is 0.226. The standard InChI is InChI=1S/C31H28N4O6/c1-38-28-11-9-25-30(33-28)22(13-14-32-25)7-12-29(36)34(18-21-5-3-2-4-6-21)19-24-20-35(31(37)41-24)23-8-10-26-27(17-23)40-16-15-39-26/h2-14,17,24H,15-16,18-20H2,1H3. The van der Waals surface area contributed by atoms with Crippen molar-refractivity contribution in [3.05, 3.63) is 90.1 Å². The van der Waals surface area contributed by atoms with Crippen LogP contribution < -0.4 is 19.1 Å². The number of nitrogens with zero attached hydrogens (tertiary/aromatic N) is 4. The first-order valence-corrected chi connectivity index (χ1v) is 13.3. The van der Waals surface area contributed by atoms with Crippen molar-refractivity contribution in [2.45, 2.75) is 12.6 Å². The van der Waals surface area contributed by atoms with E-state index in [2.05, 4.69) is 9.97 Å². The van der Waals surface area contributed by atoms with Crippen LogP contribution in [0.15, 0.2) is 79.0 Å². The van der Waals surface area contributed by atoms with Crippen molar-refractivity contribution in [1.82, 2.24) is 14.9 Å². The summed E-state index contributed by atoms with van der Waals surface area (Å²) in [5, 5.41) is 0. The first-order chi connectivity index (χ1) is 20.1. The number of hydrogen-bond donors (Lipinski definition) is 0. The summed E-state index contributed by atoms with van der Waals surface area (Å²) < 4.78 is 22.2. The number of carbonyl (C=O) groups is 2. The number of methoxy groups -OCH3 is 1. The zero-order valence-corrected chi connectivity index (χ0v) is 22.4. The number of cyclic esters (lactones) is 1. The third-order valence-corrected chi connectivity index (χ3v) is 6.87. The van der Waals surface area contributed by atoms with E-state index in [0.717, 1.165) is 11.1 Å². The zero-order valence-electron chi connectivity index (χ0n) is 22.4. The van der Waals surface area contributed by atoms with Crippen molar-refractivity contribution in [3.8, 4) is 17.4 Å². The molecule has 2 aliphatic heterocycles. The molecular weight excluding hydrogens is 524 g/mol. The van der Waals surface area contributed by atoms with Crippen LogP contribution in [0.2, 0.25) is 0 Å². The van der Waals surface area contributed by atoms with E-state index in [0.29, 0.717) is 60.4 Å². The van der Waals surface area contributed by atoms with E-state index in [1.54, 1.807) is 59.5 Å². The molecule has 1 atom stereocenters. The van der Waals surface area contributed by atoms with Gasteiger partial charge in [0.2, 0.25) is 11.8 Å². The van der Waals surface area contributed by atoms with Gasteiger partial charge in [0.1, 0.15) is 19.3 Å². The SMILES string of the molecule is COc1ccc2nccc(C=CC(=O)N(Cc3ccccc3)CC3CN(c4ccc5c(c4)OCCO5)C(=O)O3)c2n1. The molecule has 10 nitrogen and oxygen atoms in total. The Morgan fingerprint density at radius 1 is 1.07 bits per heavy atom. The molecule has 4 aromatic rings. The Morgan fingerprint density at radius 3 is 2.73 bits per heavy atom. The van der Waals surface area contributed by atoms with Crippen molar-refractivity contribution < 1.29 is 28.5 Å². The van der Waals surface area contributed by atoms with Crippen LogP contribution in [0, 0.1) is 0 Å². The van der Waals surface area contributed by atoms with Crippen LogP contribution in [0.4, 0.5) is 10.5 Å². The molecular formula is C31H28N4O6. The number of fused-ring (bicyclic) bond motifs is 2. The average molecular weight is 553 g/mol. The first-order valence-electron chi connectivity index (χ1n) is 13.3. The number of pyridine rings is 2. The summed E-state index contributed by atoms with van der Waals surface area (Å²) in [6.45, 7) is 1.80. The van der Waals surface area contributed by atoms with E-state index >= 15 is 0 Å². The number of amides is 2. The second-order valence-corrected chi connectivity index (χ2v) is 9.60. The summed E-state index contributed by atoms with van der Waals surface area (Å²) >= 11 is 0. The van der Waals surface area contributed by atoms with Crippen LogP contribution >= 0.6 is 0 Å². The molecule has 0 aliphatic carbocycles. The Morgan fingerprint density at radius 2 is 1.90 bits per heavy atom. The molecule has 2 aromatic carbocycles. The molecule has 208 valence electrons. The average Bonchev–Trinajstić information content (AvgIpc) is 3.39. The topological polar surface area (TPSA) is 103 Å². The number of ether oxygens (including phenoxy) is 4. The van der Waals surface area contributed by atoms with Crippen LogP contribution in [0.25, 0.3) is 17.1 Å². The summed E-state index contributed by atoms with van der Waals surface area (Å²) in [6.07, 6.45) is 3.90. The highest BCUT2D eigenvalue weighted by Gasteiger charge is 2.35. The number of rotatable bonds is 8. The van der Waals surface area contributed by atoms with Crippen molar-refractivity contribution in [2.24, 2.45) is 0 Å². The Bertz CT molecular complexity index is 1610. The smallest absolute Gasteiger partial charge is 0.414 e. The largest absolute Gasteiger partial charge is 0.486 e. The van der Waals surface area contributed by atoms with Gasteiger partial charge < -0.3 is 23.8 Å². The number of benzene rings is 2. The molecule has 1 saturated heterocycles. The molecule has 41 heavy (non-hydrogen) atoms. The molecule has 2 aliphatic rings. The summed E-state index contributed by atoms with van der Waals surface area (Å²) in [5.41, 5.74) is 3.67. The summed E-state index contributed by atoms with van der Waals surface area (Å²) in [6, 6.07) is 20.4. The summed E-state index contributed by atoms with van der Waals surface area (Å²) in [4.78, 5) is 38.5. The lowest BCUT2D eigenvalue weighted by Gasteiger charge is -2.24. The Kier molecular flexibility index (Phi) is 7.36. The monoisotopic (exact) mass is 552 g/mol. The number of hydrogen-bond acceptors (Lipinski definition) is 8. The molecule has 0 N–H and O–H groups in total. The fourth-order valence-electron chi connectivity index (χ4n) is 4.85. The third-order valence-electron chi connectivity index (χ3n) is 6.87. The molecule has 4 heterocycles. The highest BCUT2D eigenvalue weighted by atomic mass is 16.6. The van der Waals surface area contributed by atoms with E-state index in [9.17, 15) is 9.59 Å². The van der Waals surface area contributed by atoms with Gasteiger partial charge in [-0.1, -0.05) is 30.3 Å². The van der Waals surface area contributed by atoms with Gasteiger partial charge in [-0.05, 0) is 35.9 Å². The minimum absolute atomic E-state index is 0.216. The number of aromatic nitrogens is 2. The minimum atomic E-state index is -0.524. The lowest BCUT2D eigenvalue weighted by molar-refractivity contribution is -0.127. The molecule has 0 saturated carbocycles. The van der Waals surface area contributed by atoms with Gasteiger partial charge in [-0.15, -0.1) is 0 Å². The number of anilines is 1. The van der Waals surface area contributed by atoms with Gasteiger partial charge in [0.15, 0.2) is 11.5 Å². The first kappa shape index (κ1) is 26.1. The van der Waals surface area contributed by atoms with E-state index in [4.69, 9.17) is 18.9 Å². The predicted molar refractivity (Wildman–Crippen MR) is 152 cm³/mol. The van der Waals surface area contributed by atoms with E-state index in [1.807, 2.05) is 36.4 Å². The quantitative estimate of drug-likeness (QED) is 0.295. The maximum Gasteiger partial charge on any atom is 0.414 e. The minimum Gasteiger partial charge on any atom is -0.486 e. The Balaban J connectivity index is 1.21. The molecule has 2 amide bonds. The zero-order chi connectivity index (χ0) is 28.2. The van der Waals surface area contributed by atoms with E-state index < -0.39 is 12.2 Å². The highest BCUT2D eigenvalue weighted by Crippen LogP contribution is 2.35. The van der Waals surface area contributed by atoms with E-state index in [-0.39, 0.29) is 12.5 Å². The van der Waals surface area contributed by atoms with Crippen molar-refractivity contribution in [1.29, 1.82) is 0 Å². The molecule has 10 heteroatoms. The van der Waals surface area contributed by atoms with Crippen LogP contribution in [-0.2, 0) is 16.1 Å². The van der Waals surface area contributed by atoms with Crippen molar-refractivity contribution >= 4 is 34.8 Å². The molecule has 0 spiro atoms. The van der Waals surface area contributed by atoms with Crippen molar-refractivity contribution in [3.63, 3.8) is 0 Å². The van der Waals surface area contributed by atoms with Crippen molar-refractivity contribution in [2.75, 3.05) is 38.3 Å². The second kappa shape index (κ2) is 11.5. The lowest BCUT2D eigenvalue weighted by Crippen LogP contribution is -2.38. The van der Waals surface area contributed by atoms with Crippen LogP contribution in [0.3, 0.4) is 0 Å². The summed E-state index contributed by atoms with van der Waals surface area (Å²) in [5.74, 6) is 1.47. The van der Waals surface area contributed by atoms with Crippen LogP contribution in [0.5, 0.6) is 17.4 Å². The van der Waals surface area contributed by atoms with E-state index in [1.165, 1.54) is 6.08 Å². The van der Waals surface area contributed by atoms with Crippen LogP contribution in [0.1, 0.15) is 11.1 Å². The van der Waals surface area contributed by atoms with Gasteiger partial charge in [-0.3, -0.25) is 14.7 Å². The lowest BCUT2D eigenvalue weighted by atomic mass is 10.1. The maximum absolute atomic E-state index is 13.6. The highest BCUT2D eigenvalue weighted by molar-refractivity contribution is 5.95. The van der Waals surface area contributed by atoms with Gasteiger partial charge in [0.05, 0.1) is 36.9 Å². The Hall–Kier alpha value is -5.12. The van der Waals surface area contributed by atoms with Crippen LogP contribution in [-0.4, -0.2) is 66.4 Å². The predicted octanol–water partition coefficient (Wildman–Crippen LogP) is 4.48. The fourth-order valence-corrected chi connectivity index (χ4v) is 4.85. The molecule has 0 bridgehead atoms. The molecule has 2 aromatic heterocycles. The summed E-state index contributed by atoms with van der Waals surface area (Å²) in [7, 11) is 1.55. The Labute approximate surface area is 236 Å². The van der Waals surface area contributed by atoms with Gasteiger partial charge in [-0.25, -0.2) is 9.78 Å². The van der Waals surface area contributed by atoms with Gasteiger partial charge in [0.25, 0.3) is 0 Å². The van der Waals surface area contributed by atoms with Gasteiger partial charge in [0, 0.05) is 36.5 Å².